The van der Waals surface area contributed by atoms with Gasteiger partial charge in [-0.15, -0.1) is 0 Å². The van der Waals surface area contributed by atoms with Crippen LogP contribution in [0.1, 0.15) is 31.7 Å². The molecule has 0 spiro atoms. The van der Waals surface area contributed by atoms with Crippen molar-refractivity contribution in [1.29, 1.82) is 0 Å². The molecule has 140 valence electrons. The van der Waals surface area contributed by atoms with Crippen molar-refractivity contribution in [3.8, 4) is 23.0 Å². The normalized spacial score (nSPS) is 17.3. The number of hydrogen-bond acceptors (Lipinski definition) is 4. The monoisotopic (exact) mass is 364 g/mol. The van der Waals surface area contributed by atoms with E-state index in [0.29, 0.717) is 17.8 Å². The molecule has 1 atom stereocenters. The van der Waals surface area contributed by atoms with Crippen molar-refractivity contribution in [2.45, 2.75) is 45.7 Å². The summed E-state index contributed by atoms with van der Waals surface area (Å²) in [6, 6.07) is 12.1. The van der Waals surface area contributed by atoms with Crippen LogP contribution >= 0.6 is 0 Å². The largest absolute Gasteiger partial charge is 0.338 e. The molecule has 1 saturated heterocycles. The molecule has 2 aromatic heterocycles. The minimum Gasteiger partial charge on any atom is -0.338 e. The van der Waals surface area contributed by atoms with Crippen LogP contribution < -0.4 is 0 Å². The second-order valence-corrected chi connectivity index (χ2v) is 7.24. The number of hydrogen-bond donors (Lipinski definition) is 0. The van der Waals surface area contributed by atoms with Gasteiger partial charge < -0.3 is 14.0 Å². The van der Waals surface area contributed by atoms with Gasteiger partial charge in [-0.1, -0.05) is 35.0 Å². The Morgan fingerprint density at radius 3 is 2.81 bits per heavy atom. The molecule has 0 bridgehead atoms. The highest BCUT2D eigenvalue weighted by Crippen LogP contribution is 2.24. The van der Waals surface area contributed by atoms with Crippen molar-refractivity contribution >= 4 is 5.91 Å². The first-order chi connectivity index (χ1) is 13.1. The van der Waals surface area contributed by atoms with E-state index in [1.807, 2.05) is 59.0 Å². The number of piperidine rings is 1. The third-order valence-electron chi connectivity index (χ3n) is 5.21. The van der Waals surface area contributed by atoms with E-state index in [2.05, 4.69) is 17.1 Å². The van der Waals surface area contributed by atoms with E-state index in [4.69, 9.17) is 4.52 Å². The summed E-state index contributed by atoms with van der Waals surface area (Å²) in [7, 11) is 0. The van der Waals surface area contributed by atoms with Crippen LogP contribution in [0.25, 0.3) is 23.0 Å². The first-order valence-corrected chi connectivity index (χ1v) is 9.47. The van der Waals surface area contributed by atoms with E-state index in [9.17, 15) is 4.79 Å². The number of likely N-dealkylation sites (tertiary alicyclic amines) is 1. The van der Waals surface area contributed by atoms with Crippen molar-refractivity contribution in [1.82, 2.24) is 19.6 Å². The van der Waals surface area contributed by atoms with E-state index < -0.39 is 0 Å². The standard InChI is InChI=1S/C21H24N4O2/c1-15-8-10-17(11-9-15)20-22-21(27-23-20)18-7-5-12-24(18)14-19(26)25-13-4-3-6-16(25)2/h5,7-12,16H,3-4,6,13-14H2,1-2H3/t16-/m0/s1. The predicted molar refractivity (Wildman–Crippen MR) is 103 cm³/mol. The van der Waals surface area contributed by atoms with E-state index >= 15 is 0 Å². The molecule has 0 aliphatic carbocycles. The van der Waals surface area contributed by atoms with Crippen molar-refractivity contribution in [3.63, 3.8) is 0 Å². The fourth-order valence-corrected chi connectivity index (χ4v) is 3.60. The zero-order valence-corrected chi connectivity index (χ0v) is 15.8. The predicted octanol–water partition coefficient (Wildman–Crippen LogP) is 3.91. The number of aryl methyl sites for hydroxylation is 1. The van der Waals surface area contributed by atoms with Gasteiger partial charge in [0.05, 0.1) is 0 Å². The summed E-state index contributed by atoms with van der Waals surface area (Å²) in [5.74, 6) is 1.11. The topological polar surface area (TPSA) is 64.2 Å². The lowest BCUT2D eigenvalue weighted by Crippen LogP contribution is -2.43. The van der Waals surface area contributed by atoms with Crippen LogP contribution in [-0.4, -0.2) is 38.1 Å². The summed E-state index contributed by atoms with van der Waals surface area (Å²) in [4.78, 5) is 19.3. The number of carbonyl (C=O) groups is 1. The average Bonchev–Trinajstić information content (AvgIpc) is 3.32. The van der Waals surface area contributed by atoms with Gasteiger partial charge in [0.2, 0.25) is 11.7 Å². The lowest BCUT2D eigenvalue weighted by atomic mass is 10.0. The maximum absolute atomic E-state index is 12.8. The highest BCUT2D eigenvalue weighted by Gasteiger charge is 2.24. The van der Waals surface area contributed by atoms with E-state index in [1.54, 1.807) is 0 Å². The van der Waals surface area contributed by atoms with Gasteiger partial charge in [-0.3, -0.25) is 4.79 Å². The Labute approximate surface area is 158 Å². The number of nitrogens with zero attached hydrogens (tertiary/aromatic N) is 4. The highest BCUT2D eigenvalue weighted by atomic mass is 16.5. The smallest absolute Gasteiger partial charge is 0.274 e. The molecule has 27 heavy (non-hydrogen) atoms. The van der Waals surface area contributed by atoms with E-state index in [0.717, 1.165) is 30.6 Å². The Morgan fingerprint density at radius 1 is 1.22 bits per heavy atom. The Kier molecular flexibility index (Phi) is 4.79. The summed E-state index contributed by atoms with van der Waals surface area (Å²) in [6.45, 7) is 5.29. The number of amides is 1. The summed E-state index contributed by atoms with van der Waals surface area (Å²) < 4.78 is 7.36. The third-order valence-corrected chi connectivity index (χ3v) is 5.21. The van der Waals surface area contributed by atoms with Gasteiger partial charge >= 0.3 is 0 Å². The molecule has 1 aromatic carbocycles. The quantitative estimate of drug-likeness (QED) is 0.704. The maximum atomic E-state index is 12.8. The first kappa shape index (κ1) is 17.5. The number of benzene rings is 1. The second-order valence-electron chi connectivity index (χ2n) is 7.24. The van der Waals surface area contributed by atoms with Crippen LogP contribution in [0.4, 0.5) is 0 Å². The van der Waals surface area contributed by atoms with Gasteiger partial charge in [0.25, 0.3) is 5.89 Å². The minimum atomic E-state index is 0.137. The van der Waals surface area contributed by atoms with E-state index in [1.165, 1.54) is 12.0 Å². The lowest BCUT2D eigenvalue weighted by molar-refractivity contribution is -0.135. The van der Waals surface area contributed by atoms with Gasteiger partial charge in [0.15, 0.2) is 0 Å². The van der Waals surface area contributed by atoms with Crippen molar-refractivity contribution in [2.75, 3.05) is 6.54 Å². The van der Waals surface area contributed by atoms with Crippen molar-refractivity contribution in [3.05, 3.63) is 48.2 Å². The Hall–Kier alpha value is -2.89. The molecule has 3 aromatic rings. The molecule has 6 nitrogen and oxygen atoms in total. The third kappa shape index (κ3) is 3.65. The molecular formula is C21H24N4O2. The van der Waals surface area contributed by atoms with Gasteiger partial charge in [-0.2, -0.15) is 4.98 Å². The fraction of sp³-hybridized carbons (Fsp3) is 0.381. The Morgan fingerprint density at radius 2 is 2.04 bits per heavy atom. The Bertz CT molecular complexity index is 926. The highest BCUT2D eigenvalue weighted by molar-refractivity contribution is 5.77. The van der Waals surface area contributed by atoms with Crippen LogP contribution in [0.2, 0.25) is 0 Å². The van der Waals surface area contributed by atoms with Gasteiger partial charge in [0.1, 0.15) is 12.2 Å². The van der Waals surface area contributed by atoms with Crippen LogP contribution in [0.15, 0.2) is 47.1 Å². The molecule has 1 fully saturated rings. The molecular weight excluding hydrogens is 340 g/mol. The molecule has 0 radical (unpaired) electrons. The SMILES string of the molecule is Cc1ccc(-c2noc(-c3cccn3CC(=O)N3CCCC[C@@H]3C)n2)cc1. The number of carbonyl (C=O) groups excluding carboxylic acids is 1. The van der Waals surface area contributed by atoms with Crippen molar-refractivity contribution < 1.29 is 9.32 Å². The zero-order valence-electron chi connectivity index (χ0n) is 15.8. The van der Waals surface area contributed by atoms with Gasteiger partial charge in [0, 0.05) is 24.3 Å². The minimum absolute atomic E-state index is 0.137. The zero-order chi connectivity index (χ0) is 18.8. The molecule has 1 aliphatic rings. The molecule has 6 heteroatoms. The number of aromatic nitrogens is 3. The fourth-order valence-electron chi connectivity index (χ4n) is 3.60. The van der Waals surface area contributed by atoms with E-state index in [-0.39, 0.29) is 12.5 Å². The van der Waals surface area contributed by atoms with Crippen molar-refractivity contribution in [2.24, 2.45) is 0 Å². The molecule has 1 amide bonds. The molecule has 3 heterocycles. The molecule has 0 N–H and O–H groups in total. The van der Waals surface area contributed by atoms with Crippen LogP contribution in [0.3, 0.4) is 0 Å². The van der Waals surface area contributed by atoms with Gasteiger partial charge in [-0.05, 0) is 45.2 Å². The van der Waals surface area contributed by atoms with Gasteiger partial charge in [-0.25, -0.2) is 0 Å². The lowest BCUT2D eigenvalue weighted by Gasteiger charge is -2.33. The van der Waals surface area contributed by atoms with Crippen LogP contribution in [0.5, 0.6) is 0 Å². The summed E-state index contributed by atoms with van der Waals surface area (Å²) in [6.07, 6.45) is 5.24. The second kappa shape index (κ2) is 7.39. The molecule has 4 rings (SSSR count). The number of rotatable bonds is 4. The van der Waals surface area contributed by atoms with Crippen LogP contribution in [0, 0.1) is 6.92 Å². The van der Waals surface area contributed by atoms with Crippen LogP contribution in [-0.2, 0) is 11.3 Å². The molecule has 1 aliphatic heterocycles. The average molecular weight is 364 g/mol. The Balaban J connectivity index is 1.54. The first-order valence-electron chi connectivity index (χ1n) is 9.47. The summed E-state index contributed by atoms with van der Waals surface area (Å²) in [5, 5.41) is 4.10. The molecule has 0 unspecified atom stereocenters. The summed E-state index contributed by atoms with van der Waals surface area (Å²) >= 11 is 0. The maximum Gasteiger partial charge on any atom is 0.274 e. The summed E-state index contributed by atoms with van der Waals surface area (Å²) in [5.41, 5.74) is 2.85. The molecule has 0 saturated carbocycles.